The van der Waals surface area contributed by atoms with Gasteiger partial charge in [-0.2, -0.15) is 0 Å². The van der Waals surface area contributed by atoms with Crippen molar-refractivity contribution in [2.75, 3.05) is 13.7 Å². The number of hydrogen-bond acceptors (Lipinski definition) is 9. The van der Waals surface area contributed by atoms with Crippen LogP contribution < -0.4 is 0 Å². The Morgan fingerprint density at radius 2 is 2.07 bits per heavy atom. The number of carbonyl (C=O) groups excluding carboxylic acids is 2. The second kappa shape index (κ2) is 8.41. The Balaban J connectivity index is 2.53. The maximum atomic E-state index is 12.3. The number of phenolic OH excluding ortho intramolecular Hbond substituents is 1. The monoisotopic (exact) mass is 392 g/mol. The van der Waals surface area contributed by atoms with Gasteiger partial charge >= 0.3 is 11.9 Å². The van der Waals surface area contributed by atoms with Crippen LogP contribution in [0.4, 0.5) is 10.7 Å². The molecule has 1 N–H and O–H groups in total. The number of rotatable bonds is 6. The van der Waals surface area contributed by atoms with E-state index in [4.69, 9.17) is 9.47 Å². The van der Waals surface area contributed by atoms with Gasteiger partial charge in [-0.25, -0.2) is 14.6 Å². The van der Waals surface area contributed by atoms with Crippen molar-refractivity contribution < 1.29 is 29.1 Å². The van der Waals surface area contributed by atoms with Crippen molar-refractivity contribution in [3.05, 3.63) is 49.9 Å². The van der Waals surface area contributed by atoms with E-state index >= 15 is 0 Å². The Labute approximate surface area is 158 Å². The number of nitro benzene ring substituents is 1. The number of methoxy groups -OCH3 is 1. The fourth-order valence-corrected chi connectivity index (χ4v) is 3.27. The number of thiophene rings is 1. The number of ether oxygens (including phenoxy) is 2. The Kier molecular flexibility index (Phi) is 6.24. The maximum absolute atomic E-state index is 12.3. The van der Waals surface area contributed by atoms with Crippen LogP contribution in [0.5, 0.6) is 5.75 Å². The molecule has 0 aliphatic heterocycles. The molecule has 0 saturated carbocycles. The van der Waals surface area contributed by atoms with Crippen molar-refractivity contribution in [2.24, 2.45) is 4.99 Å². The highest BCUT2D eigenvalue weighted by Gasteiger charge is 2.25. The van der Waals surface area contributed by atoms with Crippen LogP contribution in [0.1, 0.15) is 38.1 Å². The summed E-state index contributed by atoms with van der Waals surface area (Å²) in [6.07, 6.45) is 1.18. The molecule has 1 heterocycles. The average molecular weight is 392 g/mol. The topological polar surface area (TPSA) is 128 Å². The molecule has 2 aromatic rings. The minimum Gasteiger partial charge on any atom is -0.507 e. The van der Waals surface area contributed by atoms with Crippen molar-refractivity contribution in [3.63, 3.8) is 0 Å². The molecular formula is C17H16N2O7S. The number of nitro groups is 1. The van der Waals surface area contributed by atoms with E-state index in [0.29, 0.717) is 5.56 Å². The molecule has 0 atom stereocenters. The molecule has 0 fully saturated rings. The van der Waals surface area contributed by atoms with E-state index in [0.717, 1.165) is 23.5 Å². The highest BCUT2D eigenvalue weighted by Crippen LogP contribution is 2.36. The first kappa shape index (κ1) is 20.0. The van der Waals surface area contributed by atoms with E-state index in [9.17, 15) is 24.8 Å². The molecule has 0 aliphatic carbocycles. The molecule has 0 unspecified atom stereocenters. The number of nitrogens with zero attached hydrogens (tertiary/aromatic N) is 2. The lowest BCUT2D eigenvalue weighted by Gasteiger charge is -2.03. The van der Waals surface area contributed by atoms with Crippen LogP contribution in [0, 0.1) is 17.0 Å². The third-order valence-electron chi connectivity index (χ3n) is 3.52. The van der Waals surface area contributed by atoms with Crippen molar-refractivity contribution in [3.8, 4) is 5.75 Å². The van der Waals surface area contributed by atoms with Crippen LogP contribution in [0.15, 0.2) is 23.2 Å². The van der Waals surface area contributed by atoms with Gasteiger partial charge in [0.1, 0.15) is 21.2 Å². The molecule has 27 heavy (non-hydrogen) atoms. The van der Waals surface area contributed by atoms with Crippen molar-refractivity contribution in [1.82, 2.24) is 0 Å². The van der Waals surface area contributed by atoms with Crippen LogP contribution >= 0.6 is 11.3 Å². The third kappa shape index (κ3) is 4.29. The Bertz CT molecular complexity index is 934. The fourth-order valence-electron chi connectivity index (χ4n) is 2.21. The van der Waals surface area contributed by atoms with Gasteiger partial charge in [0, 0.05) is 23.9 Å². The van der Waals surface area contributed by atoms with E-state index in [1.807, 2.05) is 0 Å². The molecule has 0 bridgehead atoms. The van der Waals surface area contributed by atoms with E-state index < -0.39 is 16.9 Å². The normalized spacial score (nSPS) is 10.8. The van der Waals surface area contributed by atoms with Crippen LogP contribution in [0.3, 0.4) is 0 Å². The number of hydrogen-bond donors (Lipinski definition) is 1. The van der Waals surface area contributed by atoms with Gasteiger partial charge < -0.3 is 14.6 Å². The van der Waals surface area contributed by atoms with Crippen LogP contribution in [-0.2, 0) is 9.47 Å². The molecule has 1 aromatic heterocycles. The predicted octanol–water partition coefficient (Wildman–Crippen LogP) is 3.38. The SMILES string of the molecule is CCOC(=O)c1c(/N=C/c2cc([N+](=O)[O-])ccc2O)sc(C(=O)OC)c1C. The molecule has 0 radical (unpaired) electrons. The van der Waals surface area contributed by atoms with Gasteiger partial charge in [-0.05, 0) is 25.5 Å². The minimum atomic E-state index is -0.656. The van der Waals surface area contributed by atoms with Gasteiger partial charge in [0.15, 0.2) is 0 Å². The summed E-state index contributed by atoms with van der Waals surface area (Å²) in [7, 11) is 1.22. The van der Waals surface area contributed by atoms with E-state index in [1.165, 1.54) is 19.4 Å². The number of carbonyl (C=O) groups is 2. The van der Waals surface area contributed by atoms with Gasteiger partial charge in [0.25, 0.3) is 5.69 Å². The van der Waals surface area contributed by atoms with Gasteiger partial charge in [0.05, 0.1) is 18.6 Å². The summed E-state index contributed by atoms with van der Waals surface area (Å²) in [5.74, 6) is -1.50. The lowest BCUT2D eigenvalue weighted by atomic mass is 10.1. The Morgan fingerprint density at radius 1 is 1.37 bits per heavy atom. The number of phenols is 1. The number of non-ortho nitro benzene ring substituents is 1. The summed E-state index contributed by atoms with van der Waals surface area (Å²) in [6.45, 7) is 3.35. The maximum Gasteiger partial charge on any atom is 0.348 e. The summed E-state index contributed by atoms with van der Waals surface area (Å²) >= 11 is 0.920. The fraction of sp³-hybridized carbons (Fsp3) is 0.235. The van der Waals surface area contributed by atoms with E-state index in [1.54, 1.807) is 13.8 Å². The summed E-state index contributed by atoms with van der Waals surface area (Å²) in [5, 5.41) is 20.9. The number of aliphatic imine (C=N–C) groups is 1. The summed E-state index contributed by atoms with van der Waals surface area (Å²) in [5.41, 5.74) is 0.325. The smallest absolute Gasteiger partial charge is 0.348 e. The van der Waals surface area contributed by atoms with Crippen molar-refractivity contribution in [1.29, 1.82) is 0 Å². The highest BCUT2D eigenvalue weighted by atomic mass is 32.1. The third-order valence-corrected chi connectivity index (χ3v) is 4.70. The zero-order valence-corrected chi connectivity index (χ0v) is 15.5. The number of esters is 2. The first-order chi connectivity index (χ1) is 12.8. The average Bonchev–Trinajstić information content (AvgIpc) is 2.96. The van der Waals surface area contributed by atoms with Crippen molar-refractivity contribution in [2.45, 2.75) is 13.8 Å². The number of aromatic hydroxyl groups is 1. The van der Waals surface area contributed by atoms with E-state index in [2.05, 4.69) is 4.99 Å². The molecule has 0 saturated heterocycles. The van der Waals surface area contributed by atoms with Gasteiger partial charge in [-0.3, -0.25) is 10.1 Å². The first-order valence-corrected chi connectivity index (χ1v) is 8.52. The quantitative estimate of drug-likeness (QED) is 0.345. The molecule has 0 amide bonds. The largest absolute Gasteiger partial charge is 0.507 e. The number of benzene rings is 1. The molecule has 10 heteroatoms. The molecule has 0 aliphatic rings. The van der Waals surface area contributed by atoms with Crippen molar-refractivity contribution >= 4 is 40.2 Å². The van der Waals surface area contributed by atoms with E-state index in [-0.39, 0.29) is 39.0 Å². The summed E-state index contributed by atoms with van der Waals surface area (Å²) in [6, 6.07) is 3.47. The van der Waals surface area contributed by atoms with Gasteiger partial charge in [-0.1, -0.05) is 0 Å². The molecule has 9 nitrogen and oxygen atoms in total. The molecule has 0 spiro atoms. The van der Waals surface area contributed by atoms with Crippen LogP contribution in [0.25, 0.3) is 0 Å². The van der Waals surface area contributed by atoms with Crippen LogP contribution in [-0.4, -0.2) is 41.9 Å². The summed E-state index contributed by atoms with van der Waals surface area (Å²) < 4.78 is 9.71. The standard InChI is InChI=1S/C17H16N2O7S/c1-4-26-16(21)13-9(2)14(17(22)25-3)27-15(13)18-8-10-7-11(19(23)24)5-6-12(10)20/h5-8,20H,4H2,1-3H3/b18-8+. The van der Waals surface area contributed by atoms with Gasteiger partial charge in [-0.15, -0.1) is 11.3 Å². The molecule has 2 rings (SSSR count). The first-order valence-electron chi connectivity index (χ1n) is 7.70. The second-order valence-corrected chi connectivity index (χ2v) is 6.21. The highest BCUT2D eigenvalue weighted by molar-refractivity contribution is 7.18. The molecule has 142 valence electrons. The molecule has 1 aromatic carbocycles. The second-order valence-electron chi connectivity index (χ2n) is 5.21. The molecular weight excluding hydrogens is 376 g/mol. The summed E-state index contributed by atoms with van der Waals surface area (Å²) in [4.78, 5) is 38.8. The lowest BCUT2D eigenvalue weighted by Crippen LogP contribution is -2.07. The predicted molar refractivity (Wildman–Crippen MR) is 98.4 cm³/mol. The Hall–Kier alpha value is -3.27. The lowest BCUT2D eigenvalue weighted by molar-refractivity contribution is -0.384. The van der Waals surface area contributed by atoms with Gasteiger partial charge in [0.2, 0.25) is 0 Å². The zero-order valence-electron chi connectivity index (χ0n) is 14.7. The van der Waals surface area contributed by atoms with Crippen LogP contribution in [0.2, 0.25) is 0 Å². The zero-order chi connectivity index (χ0) is 20.1. The minimum absolute atomic E-state index is 0.0877. The Morgan fingerprint density at radius 3 is 2.67 bits per heavy atom.